The van der Waals surface area contributed by atoms with Crippen LogP contribution in [0.15, 0.2) is 22.7 Å². The van der Waals surface area contributed by atoms with Crippen molar-refractivity contribution >= 4 is 33.4 Å². The molecule has 22 heavy (non-hydrogen) atoms. The van der Waals surface area contributed by atoms with Crippen molar-refractivity contribution in [3.05, 3.63) is 28.2 Å². The highest BCUT2D eigenvalue weighted by Crippen LogP contribution is 2.32. The van der Waals surface area contributed by atoms with E-state index < -0.39 is 0 Å². The molecule has 0 bridgehead atoms. The molecule has 2 aliphatic rings. The minimum absolute atomic E-state index is 0.0103. The van der Waals surface area contributed by atoms with E-state index in [1.807, 2.05) is 30.0 Å². The van der Waals surface area contributed by atoms with E-state index in [0.717, 1.165) is 15.7 Å². The molecule has 1 aromatic rings. The van der Waals surface area contributed by atoms with Crippen LogP contribution in [-0.2, 0) is 14.3 Å². The van der Waals surface area contributed by atoms with Crippen LogP contribution in [0.25, 0.3) is 0 Å². The normalized spacial score (nSPS) is 22.3. The zero-order chi connectivity index (χ0) is 15.7. The Hall–Kier alpha value is -1.40. The largest absolute Gasteiger partial charge is 0.378 e. The summed E-state index contributed by atoms with van der Waals surface area (Å²) >= 11 is 3.51. The van der Waals surface area contributed by atoms with Gasteiger partial charge in [-0.15, -0.1) is 0 Å². The first-order chi connectivity index (χ1) is 10.6. The third-order valence-corrected chi connectivity index (χ3v) is 4.83. The minimum atomic E-state index is -0.251. The number of amides is 2. The number of morpholine rings is 1. The van der Waals surface area contributed by atoms with Crippen LogP contribution >= 0.6 is 15.9 Å². The summed E-state index contributed by atoms with van der Waals surface area (Å²) < 4.78 is 6.16. The molecule has 0 saturated carbocycles. The smallest absolute Gasteiger partial charge is 0.228 e. The average Bonchev–Trinajstić information content (AvgIpc) is 2.89. The second kappa shape index (κ2) is 6.38. The lowest BCUT2D eigenvalue weighted by Gasteiger charge is -2.29. The number of carbonyl (C=O) groups excluding carboxylic acids is 2. The zero-order valence-electron chi connectivity index (χ0n) is 12.5. The van der Waals surface area contributed by atoms with Crippen LogP contribution in [0.4, 0.5) is 5.69 Å². The third kappa shape index (κ3) is 3.03. The number of halogens is 1. The van der Waals surface area contributed by atoms with E-state index in [0.29, 0.717) is 32.8 Å². The lowest BCUT2D eigenvalue weighted by molar-refractivity contribution is -0.139. The predicted molar refractivity (Wildman–Crippen MR) is 86.7 cm³/mol. The molecule has 2 amide bonds. The topological polar surface area (TPSA) is 49.9 Å². The van der Waals surface area contributed by atoms with E-state index >= 15 is 0 Å². The fourth-order valence-corrected chi connectivity index (χ4v) is 3.69. The van der Waals surface area contributed by atoms with Crippen molar-refractivity contribution in [1.29, 1.82) is 0 Å². The minimum Gasteiger partial charge on any atom is -0.378 e. The Morgan fingerprint density at radius 3 is 2.73 bits per heavy atom. The summed E-state index contributed by atoms with van der Waals surface area (Å²) in [6, 6.07) is 5.89. The second-order valence-corrected chi connectivity index (χ2v) is 6.65. The van der Waals surface area contributed by atoms with E-state index in [-0.39, 0.29) is 24.2 Å². The Morgan fingerprint density at radius 2 is 2.05 bits per heavy atom. The molecule has 3 rings (SSSR count). The average molecular weight is 367 g/mol. The first-order valence-corrected chi connectivity index (χ1v) is 8.28. The summed E-state index contributed by atoms with van der Waals surface area (Å²) in [5, 5.41) is 0. The van der Waals surface area contributed by atoms with Crippen molar-refractivity contribution in [2.45, 2.75) is 13.3 Å². The fourth-order valence-electron chi connectivity index (χ4n) is 2.98. The lowest BCUT2D eigenvalue weighted by Crippen LogP contribution is -2.44. The van der Waals surface area contributed by atoms with Crippen LogP contribution < -0.4 is 4.90 Å². The van der Waals surface area contributed by atoms with Gasteiger partial charge < -0.3 is 14.5 Å². The lowest BCUT2D eigenvalue weighted by atomic mass is 10.1. The molecular formula is C16H19BrN2O3. The van der Waals surface area contributed by atoms with Crippen molar-refractivity contribution in [3.8, 4) is 0 Å². The zero-order valence-corrected chi connectivity index (χ0v) is 14.1. The number of hydrogen-bond acceptors (Lipinski definition) is 3. The summed E-state index contributed by atoms with van der Waals surface area (Å²) in [6.07, 6.45) is 0.288. The van der Waals surface area contributed by atoms with Gasteiger partial charge in [0.2, 0.25) is 11.8 Å². The van der Waals surface area contributed by atoms with Crippen LogP contribution in [0.1, 0.15) is 12.0 Å². The van der Waals surface area contributed by atoms with Gasteiger partial charge in [0.1, 0.15) is 0 Å². The Morgan fingerprint density at radius 1 is 1.32 bits per heavy atom. The molecule has 0 radical (unpaired) electrons. The quantitative estimate of drug-likeness (QED) is 0.803. The molecule has 0 aliphatic carbocycles. The molecule has 1 atom stereocenters. The Balaban J connectivity index is 1.74. The van der Waals surface area contributed by atoms with Crippen LogP contribution in [0, 0.1) is 12.8 Å². The fraction of sp³-hybridized carbons (Fsp3) is 0.500. The molecule has 0 aromatic heterocycles. The van der Waals surface area contributed by atoms with E-state index in [9.17, 15) is 9.59 Å². The van der Waals surface area contributed by atoms with Gasteiger partial charge in [-0.25, -0.2) is 0 Å². The molecule has 1 unspecified atom stereocenters. The summed E-state index contributed by atoms with van der Waals surface area (Å²) in [4.78, 5) is 28.4. The van der Waals surface area contributed by atoms with Gasteiger partial charge in [0.25, 0.3) is 0 Å². The first kappa shape index (κ1) is 15.5. The highest BCUT2D eigenvalue weighted by atomic mass is 79.9. The van der Waals surface area contributed by atoms with Gasteiger partial charge in [0.05, 0.1) is 24.8 Å². The molecule has 0 spiro atoms. The van der Waals surface area contributed by atoms with Gasteiger partial charge in [0, 0.05) is 30.5 Å². The summed E-state index contributed by atoms with van der Waals surface area (Å²) in [6.45, 7) is 4.87. The first-order valence-electron chi connectivity index (χ1n) is 7.49. The van der Waals surface area contributed by atoms with Gasteiger partial charge in [-0.1, -0.05) is 6.07 Å². The highest BCUT2D eigenvalue weighted by Gasteiger charge is 2.38. The number of ether oxygens (including phenoxy) is 1. The molecule has 1 aromatic carbocycles. The maximum Gasteiger partial charge on any atom is 0.228 e. The summed E-state index contributed by atoms with van der Waals surface area (Å²) in [5.41, 5.74) is 1.97. The number of rotatable bonds is 2. The number of hydrogen-bond donors (Lipinski definition) is 0. The van der Waals surface area contributed by atoms with Gasteiger partial charge in [0.15, 0.2) is 0 Å². The van der Waals surface area contributed by atoms with Crippen molar-refractivity contribution in [1.82, 2.24) is 4.90 Å². The maximum atomic E-state index is 12.5. The number of carbonyl (C=O) groups is 2. The Bertz CT molecular complexity index is 599. The molecule has 118 valence electrons. The van der Waals surface area contributed by atoms with E-state index in [4.69, 9.17) is 4.74 Å². The predicted octanol–water partition coefficient (Wildman–Crippen LogP) is 1.97. The van der Waals surface area contributed by atoms with Crippen LogP contribution in [0.3, 0.4) is 0 Å². The summed E-state index contributed by atoms with van der Waals surface area (Å²) in [7, 11) is 0. The summed E-state index contributed by atoms with van der Waals surface area (Å²) in [5.74, 6) is -0.169. The van der Waals surface area contributed by atoms with Gasteiger partial charge in [-0.05, 0) is 40.5 Å². The van der Waals surface area contributed by atoms with Crippen molar-refractivity contribution in [2.75, 3.05) is 37.7 Å². The molecule has 2 aliphatic heterocycles. The van der Waals surface area contributed by atoms with Gasteiger partial charge >= 0.3 is 0 Å². The van der Waals surface area contributed by atoms with Crippen molar-refractivity contribution in [2.24, 2.45) is 5.92 Å². The highest BCUT2D eigenvalue weighted by molar-refractivity contribution is 9.10. The monoisotopic (exact) mass is 366 g/mol. The SMILES string of the molecule is Cc1ccc(N2CC(C(=O)N3CCOCC3)CC2=O)c(Br)c1. The van der Waals surface area contributed by atoms with Crippen molar-refractivity contribution in [3.63, 3.8) is 0 Å². The standard InChI is InChI=1S/C16H19BrN2O3/c1-11-2-3-14(13(17)8-11)19-10-12(9-15(19)20)16(21)18-4-6-22-7-5-18/h2-3,8,12H,4-7,9-10H2,1H3. The number of nitrogens with zero attached hydrogens (tertiary/aromatic N) is 2. The molecule has 2 fully saturated rings. The van der Waals surface area contributed by atoms with Gasteiger partial charge in [-0.2, -0.15) is 0 Å². The number of aryl methyl sites for hydroxylation is 1. The Labute approximate surface area is 138 Å². The maximum absolute atomic E-state index is 12.5. The van der Waals surface area contributed by atoms with E-state index in [1.54, 1.807) is 4.90 Å². The molecule has 5 nitrogen and oxygen atoms in total. The molecule has 2 saturated heterocycles. The number of benzene rings is 1. The molecule has 6 heteroatoms. The van der Waals surface area contributed by atoms with Crippen LogP contribution in [-0.4, -0.2) is 49.6 Å². The van der Waals surface area contributed by atoms with Crippen LogP contribution in [0.2, 0.25) is 0 Å². The third-order valence-electron chi connectivity index (χ3n) is 4.19. The number of anilines is 1. The van der Waals surface area contributed by atoms with Crippen LogP contribution in [0.5, 0.6) is 0 Å². The van der Waals surface area contributed by atoms with Gasteiger partial charge in [-0.3, -0.25) is 9.59 Å². The molecule has 0 N–H and O–H groups in total. The van der Waals surface area contributed by atoms with E-state index in [2.05, 4.69) is 15.9 Å². The molecular weight excluding hydrogens is 348 g/mol. The van der Waals surface area contributed by atoms with E-state index in [1.165, 1.54) is 0 Å². The van der Waals surface area contributed by atoms with Crippen molar-refractivity contribution < 1.29 is 14.3 Å². The second-order valence-electron chi connectivity index (χ2n) is 5.80. The Kier molecular flexibility index (Phi) is 4.49. The molecule has 2 heterocycles.